The highest BCUT2D eigenvalue weighted by Gasteiger charge is 2.42. The molecule has 1 saturated heterocycles. The number of carbonyl (C=O) groups excluding carboxylic acids is 4. The Hall–Kier alpha value is -3.92. The van der Waals surface area contributed by atoms with Gasteiger partial charge in [-0.05, 0) is 95.7 Å². The average Bonchev–Trinajstić information content (AvgIpc) is 2.95. The minimum Gasteiger partial charge on any atom is -0.480 e. The number of anilines is 1. The Balaban J connectivity index is 0.000000208. The Morgan fingerprint density at radius 1 is 0.837 bits per heavy atom. The van der Waals surface area contributed by atoms with Crippen LogP contribution in [0.1, 0.15) is 77.9 Å². The van der Waals surface area contributed by atoms with Crippen LogP contribution in [0.3, 0.4) is 0 Å². The van der Waals surface area contributed by atoms with Crippen LogP contribution in [-0.4, -0.2) is 68.8 Å². The molecule has 3 aliphatic heterocycles. The maximum atomic E-state index is 13.0. The summed E-state index contributed by atoms with van der Waals surface area (Å²) in [6.07, 6.45) is 2.14. The molecule has 3 heterocycles. The zero-order valence-electron chi connectivity index (χ0n) is 26.3. The first-order chi connectivity index (χ1) is 20.2. The fraction of sp³-hybridized carbons (Fsp3) is 0.515. The minimum atomic E-state index is -0.933. The molecule has 232 valence electrons. The summed E-state index contributed by atoms with van der Waals surface area (Å²) in [4.78, 5) is 50.2. The molecule has 0 spiro atoms. The molecule has 0 radical (unpaired) electrons. The van der Waals surface area contributed by atoms with Crippen molar-refractivity contribution in [1.29, 1.82) is 0 Å². The monoisotopic (exact) mass is 595 g/mol. The Morgan fingerprint density at radius 3 is 1.95 bits per heavy atom. The second-order valence-electron chi connectivity index (χ2n) is 12.2. The lowest BCUT2D eigenvalue weighted by molar-refractivity contribution is -0.133. The predicted octanol–water partition coefficient (Wildman–Crippen LogP) is 4.78. The zero-order valence-corrected chi connectivity index (χ0v) is 26.3. The van der Waals surface area contributed by atoms with Crippen LogP contribution in [0.25, 0.3) is 0 Å². The SMILES string of the molecule is COC(=O)c1cc2c(cc1C)OC(C)(C)C(=O)C2.COC(=O)c1cc2c(cc1C)OC(C)(C)C(=O)N2CC1CCOCC1. The second kappa shape index (κ2) is 12.4. The highest BCUT2D eigenvalue weighted by atomic mass is 16.5. The largest absolute Gasteiger partial charge is 0.480 e. The van der Waals surface area contributed by atoms with Gasteiger partial charge in [0.25, 0.3) is 5.91 Å². The van der Waals surface area contributed by atoms with E-state index in [4.69, 9.17) is 23.7 Å². The van der Waals surface area contributed by atoms with Crippen molar-refractivity contribution in [1.82, 2.24) is 0 Å². The molecule has 10 nitrogen and oxygen atoms in total. The third kappa shape index (κ3) is 6.69. The van der Waals surface area contributed by atoms with E-state index in [1.165, 1.54) is 14.2 Å². The topological polar surface area (TPSA) is 118 Å². The quantitative estimate of drug-likeness (QED) is 0.461. The molecule has 1 amide bonds. The molecule has 1 fully saturated rings. The van der Waals surface area contributed by atoms with Crippen molar-refractivity contribution in [2.24, 2.45) is 5.92 Å². The van der Waals surface area contributed by atoms with Crippen LogP contribution < -0.4 is 14.4 Å². The van der Waals surface area contributed by atoms with Crippen molar-refractivity contribution in [3.63, 3.8) is 0 Å². The van der Waals surface area contributed by atoms with Crippen LogP contribution in [0, 0.1) is 19.8 Å². The third-order valence-electron chi connectivity index (χ3n) is 8.11. The molecule has 0 unspecified atom stereocenters. The molecule has 0 aliphatic carbocycles. The van der Waals surface area contributed by atoms with Gasteiger partial charge in [-0.3, -0.25) is 9.59 Å². The van der Waals surface area contributed by atoms with Crippen LogP contribution in [0.5, 0.6) is 11.5 Å². The summed E-state index contributed by atoms with van der Waals surface area (Å²) in [6, 6.07) is 7.00. The number of methoxy groups -OCH3 is 2. The van der Waals surface area contributed by atoms with Gasteiger partial charge in [-0.25, -0.2) is 9.59 Å². The number of esters is 2. The molecular formula is C33H41NO9. The van der Waals surface area contributed by atoms with Gasteiger partial charge in [0.1, 0.15) is 11.5 Å². The summed E-state index contributed by atoms with van der Waals surface area (Å²) in [6.45, 7) is 12.8. The lowest BCUT2D eigenvalue weighted by atomic mass is 9.91. The summed E-state index contributed by atoms with van der Waals surface area (Å²) >= 11 is 0. The van der Waals surface area contributed by atoms with E-state index < -0.39 is 23.1 Å². The summed E-state index contributed by atoms with van der Waals surface area (Å²) in [5, 5.41) is 0. The molecular weight excluding hydrogens is 554 g/mol. The number of hydrogen-bond donors (Lipinski definition) is 0. The van der Waals surface area contributed by atoms with Crippen LogP contribution in [0.2, 0.25) is 0 Å². The van der Waals surface area contributed by atoms with E-state index in [-0.39, 0.29) is 18.1 Å². The fourth-order valence-electron chi connectivity index (χ4n) is 5.42. The van der Waals surface area contributed by atoms with Gasteiger partial charge in [-0.1, -0.05) is 0 Å². The van der Waals surface area contributed by atoms with Gasteiger partial charge in [0.15, 0.2) is 17.0 Å². The van der Waals surface area contributed by atoms with Gasteiger partial charge >= 0.3 is 11.9 Å². The smallest absolute Gasteiger partial charge is 0.338 e. The molecule has 2 aromatic carbocycles. The van der Waals surface area contributed by atoms with Crippen molar-refractivity contribution in [3.05, 3.63) is 52.1 Å². The lowest BCUT2D eigenvalue weighted by Crippen LogP contribution is -2.54. The maximum Gasteiger partial charge on any atom is 0.338 e. The number of carbonyl (C=O) groups is 4. The van der Waals surface area contributed by atoms with E-state index in [1.54, 1.807) is 50.8 Å². The Labute approximate surface area is 252 Å². The van der Waals surface area contributed by atoms with E-state index in [1.807, 2.05) is 19.9 Å². The van der Waals surface area contributed by atoms with Gasteiger partial charge in [0.2, 0.25) is 0 Å². The van der Waals surface area contributed by atoms with E-state index in [0.717, 1.165) is 42.7 Å². The first kappa shape index (κ1) is 32.0. The number of hydrogen-bond acceptors (Lipinski definition) is 9. The van der Waals surface area contributed by atoms with Crippen molar-refractivity contribution < 1.29 is 42.9 Å². The molecule has 2 aromatic rings. The van der Waals surface area contributed by atoms with E-state index in [0.29, 0.717) is 40.8 Å². The van der Waals surface area contributed by atoms with Gasteiger partial charge in [-0.15, -0.1) is 0 Å². The van der Waals surface area contributed by atoms with Crippen LogP contribution >= 0.6 is 0 Å². The molecule has 0 saturated carbocycles. The van der Waals surface area contributed by atoms with E-state index in [2.05, 4.69) is 0 Å². The van der Waals surface area contributed by atoms with Crippen molar-refractivity contribution in [3.8, 4) is 11.5 Å². The van der Waals surface area contributed by atoms with Crippen molar-refractivity contribution >= 4 is 29.3 Å². The molecule has 0 N–H and O–H groups in total. The maximum absolute atomic E-state index is 13.0. The number of amides is 1. The van der Waals surface area contributed by atoms with Crippen LogP contribution in [0.15, 0.2) is 24.3 Å². The number of benzene rings is 2. The number of nitrogens with zero attached hydrogens (tertiary/aromatic N) is 1. The predicted molar refractivity (Wildman–Crippen MR) is 159 cm³/mol. The molecule has 0 atom stereocenters. The van der Waals surface area contributed by atoms with Gasteiger partial charge in [0.05, 0.1) is 31.0 Å². The molecule has 0 bridgehead atoms. The Morgan fingerprint density at radius 2 is 1.37 bits per heavy atom. The molecule has 5 rings (SSSR count). The van der Waals surface area contributed by atoms with Crippen LogP contribution in [0.4, 0.5) is 5.69 Å². The number of Topliss-reactive ketones (excluding diaryl/α,β-unsaturated/α-hetero) is 1. The summed E-state index contributed by atoms with van der Waals surface area (Å²) in [5.74, 6) is 0.783. The molecule has 0 aromatic heterocycles. The van der Waals surface area contributed by atoms with Gasteiger partial charge in [0, 0.05) is 31.7 Å². The lowest BCUT2D eigenvalue weighted by Gasteiger charge is -2.41. The highest BCUT2D eigenvalue weighted by molar-refractivity contribution is 6.04. The minimum absolute atomic E-state index is 0.00895. The van der Waals surface area contributed by atoms with E-state index in [9.17, 15) is 19.2 Å². The third-order valence-corrected chi connectivity index (χ3v) is 8.11. The van der Waals surface area contributed by atoms with Gasteiger partial charge in [-0.2, -0.15) is 0 Å². The second-order valence-corrected chi connectivity index (χ2v) is 12.2. The number of ether oxygens (including phenoxy) is 5. The number of aryl methyl sites for hydroxylation is 2. The van der Waals surface area contributed by atoms with E-state index >= 15 is 0 Å². The molecule has 10 heteroatoms. The average molecular weight is 596 g/mol. The Kier molecular flexibility index (Phi) is 9.20. The highest BCUT2D eigenvalue weighted by Crippen LogP contribution is 2.41. The number of rotatable bonds is 4. The molecule has 3 aliphatic rings. The summed E-state index contributed by atoms with van der Waals surface area (Å²) < 4.78 is 26.6. The fourth-order valence-corrected chi connectivity index (χ4v) is 5.42. The summed E-state index contributed by atoms with van der Waals surface area (Å²) in [5.41, 5.74) is 2.13. The van der Waals surface area contributed by atoms with Crippen molar-refractivity contribution in [2.45, 2.75) is 72.0 Å². The number of ketones is 1. The van der Waals surface area contributed by atoms with Crippen LogP contribution in [-0.2, 0) is 30.2 Å². The first-order valence-electron chi connectivity index (χ1n) is 14.4. The summed E-state index contributed by atoms with van der Waals surface area (Å²) in [7, 11) is 2.69. The standard InChI is InChI=1S/C19H25NO5.C14H16O4/c1-12-9-16-15(10-14(12)17(21)23-4)20(18(22)19(2,3)25-16)11-13-5-7-24-8-6-13;1-8-5-11-9(6-10(8)13(16)17-4)7-12(15)14(2,3)18-11/h9-10,13H,5-8,11H2,1-4H3;5-6H,7H2,1-4H3. The normalized spacial score (nSPS) is 18.7. The van der Waals surface area contributed by atoms with Crippen molar-refractivity contribution in [2.75, 3.05) is 38.9 Å². The molecule has 43 heavy (non-hydrogen) atoms. The number of fused-ring (bicyclic) bond motifs is 2. The van der Waals surface area contributed by atoms with Gasteiger partial charge < -0.3 is 28.6 Å². The Bertz CT molecular complexity index is 1440. The zero-order chi connectivity index (χ0) is 31.7. The first-order valence-corrected chi connectivity index (χ1v) is 14.4.